The van der Waals surface area contributed by atoms with Gasteiger partial charge in [0.05, 0.1) is 10.3 Å². The lowest BCUT2D eigenvalue weighted by Crippen LogP contribution is -2.49. The van der Waals surface area contributed by atoms with Gasteiger partial charge in [-0.25, -0.2) is 0 Å². The minimum atomic E-state index is -0.900. The maximum atomic E-state index is 11.5. The number of nitrogens with zero attached hydrogens (tertiary/aromatic N) is 1. The fraction of sp³-hybridized carbons (Fsp3) is 0.462. The van der Waals surface area contributed by atoms with E-state index in [0.717, 1.165) is 12.8 Å². The van der Waals surface area contributed by atoms with Gasteiger partial charge in [0.2, 0.25) is 0 Å². The van der Waals surface area contributed by atoms with Crippen LogP contribution in [0.4, 0.5) is 5.69 Å². The van der Waals surface area contributed by atoms with Gasteiger partial charge in [-0.3, -0.25) is 14.9 Å². The predicted molar refractivity (Wildman–Crippen MR) is 63.3 cm³/mol. The number of benzene rings is 1. The van der Waals surface area contributed by atoms with Gasteiger partial charge >= 0.3 is 5.97 Å². The highest BCUT2D eigenvalue weighted by Crippen LogP contribution is 2.69. The Morgan fingerprint density at radius 1 is 1.33 bits per heavy atom. The van der Waals surface area contributed by atoms with Crippen LogP contribution in [-0.4, -0.2) is 16.0 Å². The van der Waals surface area contributed by atoms with E-state index in [1.165, 1.54) is 12.1 Å². The molecule has 2 saturated carbocycles. The summed E-state index contributed by atoms with van der Waals surface area (Å²) < 4.78 is 0. The summed E-state index contributed by atoms with van der Waals surface area (Å²) in [5, 5.41) is 20.2. The number of hydrogen-bond donors (Lipinski definition) is 1. The minimum absolute atomic E-state index is 0.0372. The molecule has 1 aromatic rings. The molecule has 2 aliphatic rings. The molecule has 0 saturated heterocycles. The van der Waals surface area contributed by atoms with Crippen molar-refractivity contribution in [2.75, 3.05) is 0 Å². The average Bonchev–Trinajstić information content (AvgIpc) is 3.06. The number of carboxylic acids is 1. The summed E-state index contributed by atoms with van der Waals surface area (Å²) in [6.45, 7) is 0. The number of rotatable bonds is 3. The first-order valence-electron chi connectivity index (χ1n) is 5.96. The zero-order chi connectivity index (χ0) is 13.0. The Labute approximate surface area is 104 Å². The highest BCUT2D eigenvalue weighted by atomic mass is 16.6. The van der Waals surface area contributed by atoms with Crippen LogP contribution in [0.3, 0.4) is 0 Å². The summed E-state index contributed by atoms with van der Waals surface area (Å²) in [7, 11) is 0. The highest BCUT2D eigenvalue weighted by Gasteiger charge is 2.65. The van der Waals surface area contributed by atoms with Gasteiger partial charge in [0.1, 0.15) is 0 Å². The molecular formula is C13H13NO4. The second-order valence-corrected chi connectivity index (χ2v) is 5.55. The maximum Gasteiger partial charge on any atom is 0.314 e. The van der Waals surface area contributed by atoms with Gasteiger partial charge in [-0.2, -0.15) is 0 Å². The summed E-state index contributed by atoms with van der Waals surface area (Å²) in [6.07, 6.45) is 3.43. The van der Waals surface area contributed by atoms with E-state index in [1.807, 2.05) is 0 Å². The van der Waals surface area contributed by atoms with Crippen LogP contribution in [0.5, 0.6) is 0 Å². The average molecular weight is 247 g/mol. The Kier molecular flexibility index (Phi) is 2.06. The van der Waals surface area contributed by atoms with Crippen molar-refractivity contribution < 1.29 is 14.8 Å². The molecule has 5 nitrogen and oxygen atoms in total. The standard InChI is InChI=1S/C13H13NO4/c15-11(16)13(7-12(8-13)4-5-12)9-2-1-3-10(6-9)14(17)18/h1-3,6H,4-5,7-8H2,(H,15,16). The molecule has 0 amide bonds. The Bertz CT molecular complexity index is 540. The van der Waals surface area contributed by atoms with Crippen LogP contribution >= 0.6 is 0 Å². The number of non-ortho nitro benzene ring substituents is 1. The van der Waals surface area contributed by atoms with Gasteiger partial charge in [-0.15, -0.1) is 0 Å². The van der Waals surface area contributed by atoms with E-state index in [0.29, 0.717) is 18.4 Å². The third-order valence-corrected chi connectivity index (χ3v) is 4.33. The molecule has 0 aliphatic heterocycles. The Hall–Kier alpha value is -1.91. The molecular weight excluding hydrogens is 234 g/mol. The summed E-state index contributed by atoms with van der Waals surface area (Å²) >= 11 is 0. The number of aliphatic carboxylic acids is 1. The molecule has 0 heterocycles. The molecule has 0 radical (unpaired) electrons. The van der Waals surface area contributed by atoms with E-state index in [-0.39, 0.29) is 11.1 Å². The van der Waals surface area contributed by atoms with Crippen molar-refractivity contribution in [3.63, 3.8) is 0 Å². The molecule has 1 aromatic carbocycles. The summed E-state index contributed by atoms with van der Waals surface area (Å²) in [4.78, 5) is 21.8. The third kappa shape index (κ3) is 1.43. The van der Waals surface area contributed by atoms with E-state index >= 15 is 0 Å². The highest BCUT2D eigenvalue weighted by molar-refractivity contribution is 5.83. The smallest absolute Gasteiger partial charge is 0.314 e. The van der Waals surface area contributed by atoms with Gasteiger partial charge in [0, 0.05) is 12.1 Å². The van der Waals surface area contributed by atoms with Crippen molar-refractivity contribution in [3.05, 3.63) is 39.9 Å². The van der Waals surface area contributed by atoms with Crippen LogP contribution in [-0.2, 0) is 10.2 Å². The number of carboxylic acid groups (broad SMARTS) is 1. The molecule has 2 aliphatic carbocycles. The molecule has 0 aromatic heterocycles. The third-order valence-electron chi connectivity index (χ3n) is 4.33. The molecule has 3 rings (SSSR count). The van der Waals surface area contributed by atoms with Crippen LogP contribution in [0.15, 0.2) is 24.3 Å². The molecule has 18 heavy (non-hydrogen) atoms. The van der Waals surface area contributed by atoms with Gasteiger partial charge in [0.15, 0.2) is 0 Å². The van der Waals surface area contributed by atoms with E-state index in [1.54, 1.807) is 12.1 Å². The van der Waals surface area contributed by atoms with E-state index < -0.39 is 16.3 Å². The van der Waals surface area contributed by atoms with Crippen LogP contribution < -0.4 is 0 Å². The van der Waals surface area contributed by atoms with Gasteiger partial charge in [0.25, 0.3) is 5.69 Å². The van der Waals surface area contributed by atoms with Crippen molar-refractivity contribution in [2.45, 2.75) is 31.1 Å². The normalized spacial score (nSPS) is 22.2. The monoisotopic (exact) mass is 247 g/mol. The number of carbonyl (C=O) groups is 1. The quantitative estimate of drug-likeness (QED) is 0.657. The number of nitro benzene ring substituents is 1. The lowest BCUT2D eigenvalue weighted by atomic mass is 9.56. The fourth-order valence-corrected chi connectivity index (χ4v) is 3.15. The largest absolute Gasteiger partial charge is 0.481 e. The fourth-order valence-electron chi connectivity index (χ4n) is 3.15. The SMILES string of the molecule is O=C(O)C1(c2cccc([N+](=O)[O-])c2)CC2(CC2)C1. The van der Waals surface area contributed by atoms with Gasteiger partial charge < -0.3 is 5.11 Å². The van der Waals surface area contributed by atoms with E-state index in [2.05, 4.69) is 0 Å². The van der Waals surface area contributed by atoms with E-state index in [4.69, 9.17) is 0 Å². The second-order valence-electron chi connectivity index (χ2n) is 5.55. The van der Waals surface area contributed by atoms with Crippen LogP contribution in [0.2, 0.25) is 0 Å². The minimum Gasteiger partial charge on any atom is -0.481 e. The molecule has 0 bridgehead atoms. The molecule has 94 valence electrons. The van der Waals surface area contributed by atoms with Crippen LogP contribution in [0, 0.1) is 15.5 Å². The Morgan fingerprint density at radius 3 is 2.50 bits per heavy atom. The summed E-state index contributed by atoms with van der Waals surface area (Å²) in [5.74, 6) is -0.861. The van der Waals surface area contributed by atoms with Crippen LogP contribution in [0.25, 0.3) is 0 Å². The van der Waals surface area contributed by atoms with Crippen molar-refractivity contribution in [2.24, 2.45) is 5.41 Å². The molecule has 1 N–H and O–H groups in total. The zero-order valence-electron chi connectivity index (χ0n) is 9.76. The van der Waals surface area contributed by atoms with Crippen molar-refractivity contribution in [1.82, 2.24) is 0 Å². The summed E-state index contributed by atoms with van der Waals surface area (Å²) in [6, 6.07) is 6.06. The molecule has 0 atom stereocenters. The first-order chi connectivity index (χ1) is 8.47. The molecule has 1 spiro atoms. The topological polar surface area (TPSA) is 80.4 Å². The van der Waals surface area contributed by atoms with Crippen molar-refractivity contribution >= 4 is 11.7 Å². The summed E-state index contributed by atoms with van der Waals surface area (Å²) in [5.41, 5.74) is -0.141. The first kappa shape index (κ1) is 11.2. The van der Waals surface area contributed by atoms with E-state index in [9.17, 15) is 20.0 Å². The Morgan fingerprint density at radius 2 is 2.00 bits per heavy atom. The van der Waals surface area contributed by atoms with Gasteiger partial charge in [-0.05, 0) is 36.7 Å². The van der Waals surface area contributed by atoms with Crippen molar-refractivity contribution in [3.8, 4) is 0 Å². The number of hydrogen-bond acceptors (Lipinski definition) is 3. The lowest BCUT2D eigenvalue weighted by molar-refractivity contribution is -0.385. The molecule has 2 fully saturated rings. The first-order valence-corrected chi connectivity index (χ1v) is 5.96. The van der Waals surface area contributed by atoms with Crippen molar-refractivity contribution in [1.29, 1.82) is 0 Å². The maximum absolute atomic E-state index is 11.5. The van der Waals surface area contributed by atoms with Crippen LogP contribution in [0.1, 0.15) is 31.2 Å². The molecule has 0 unspecified atom stereocenters. The van der Waals surface area contributed by atoms with Gasteiger partial charge in [-0.1, -0.05) is 12.1 Å². The Balaban J connectivity index is 1.99. The lowest BCUT2D eigenvalue weighted by Gasteiger charge is -2.45. The second kappa shape index (κ2) is 3.31. The number of nitro groups is 1. The zero-order valence-corrected chi connectivity index (χ0v) is 9.76. The molecule has 5 heteroatoms. The predicted octanol–water partition coefficient (Wildman–Crippen LogP) is 2.49.